The van der Waals surface area contributed by atoms with Gasteiger partial charge in [0.1, 0.15) is 6.04 Å². The summed E-state index contributed by atoms with van der Waals surface area (Å²) in [5.74, 6) is 0.400. The molecule has 1 amide bonds. The highest BCUT2D eigenvalue weighted by atomic mass is 32.2. The van der Waals surface area contributed by atoms with Crippen molar-refractivity contribution in [3.05, 3.63) is 47.5 Å². The second kappa shape index (κ2) is 8.52. The van der Waals surface area contributed by atoms with Gasteiger partial charge in [0.25, 0.3) is 0 Å². The van der Waals surface area contributed by atoms with Crippen LogP contribution in [0.25, 0.3) is 0 Å². The van der Waals surface area contributed by atoms with Gasteiger partial charge in [-0.25, -0.2) is 8.42 Å². The molecule has 0 unspecified atom stereocenters. The largest absolute Gasteiger partial charge is 0.493 e. The Morgan fingerprint density at radius 2 is 1.68 bits per heavy atom. The maximum atomic E-state index is 12.8. The molecule has 0 aliphatic rings. The van der Waals surface area contributed by atoms with E-state index in [0.29, 0.717) is 22.9 Å². The van der Waals surface area contributed by atoms with Crippen LogP contribution in [0.5, 0.6) is 11.5 Å². The van der Waals surface area contributed by atoms with Gasteiger partial charge in [-0.2, -0.15) is 0 Å². The number of benzene rings is 2. The summed E-state index contributed by atoms with van der Waals surface area (Å²) in [5.41, 5.74) is 2.85. The molecule has 0 radical (unpaired) electrons. The van der Waals surface area contributed by atoms with Crippen LogP contribution < -0.4 is 19.1 Å². The molecule has 0 aliphatic heterocycles. The van der Waals surface area contributed by atoms with Crippen molar-refractivity contribution in [2.45, 2.75) is 26.8 Å². The molecular weight excluding hydrogens is 380 g/mol. The fraction of sp³-hybridized carbons (Fsp3) is 0.350. The van der Waals surface area contributed by atoms with Gasteiger partial charge in [0.15, 0.2) is 11.5 Å². The van der Waals surface area contributed by atoms with E-state index in [9.17, 15) is 13.2 Å². The van der Waals surface area contributed by atoms with Gasteiger partial charge in [0, 0.05) is 11.8 Å². The van der Waals surface area contributed by atoms with E-state index in [4.69, 9.17) is 9.47 Å². The molecule has 0 saturated heterocycles. The zero-order valence-corrected chi connectivity index (χ0v) is 17.8. The average molecular weight is 407 g/mol. The SMILES string of the molecule is COc1ccc(N([C@H](C)C(=O)Nc2cc(C)ccc2C)S(C)(=O)=O)cc1OC. The molecule has 2 aromatic carbocycles. The third-order valence-corrected chi connectivity index (χ3v) is 5.60. The van der Waals surface area contributed by atoms with Crippen molar-refractivity contribution in [1.29, 1.82) is 0 Å². The lowest BCUT2D eigenvalue weighted by molar-refractivity contribution is -0.116. The summed E-state index contributed by atoms with van der Waals surface area (Å²) in [5, 5.41) is 2.82. The van der Waals surface area contributed by atoms with E-state index in [-0.39, 0.29) is 0 Å². The van der Waals surface area contributed by atoms with Gasteiger partial charge in [-0.05, 0) is 50.1 Å². The first-order valence-corrected chi connectivity index (χ1v) is 10.5. The molecule has 0 fully saturated rings. The van der Waals surface area contributed by atoms with Crippen molar-refractivity contribution < 1.29 is 22.7 Å². The number of aryl methyl sites for hydroxylation is 2. The van der Waals surface area contributed by atoms with E-state index in [1.807, 2.05) is 32.0 Å². The van der Waals surface area contributed by atoms with Crippen molar-refractivity contribution in [2.75, 3.05) is 30.1 Å². The summed E-state index contributed by atoms with van der Waals surface area (Å²) < 4.78 is 36.5. The maximum Gasteiger partial charge on any atom is 0.248 e. The Labute approximate surface area is 166 Å². The third-order valence-electron chi connectivity index (χ3n) is 4.36. The molecular formula is C20H26N2O5S. The van der Waals surface area contributed by atoms with Crippen molar-refractivity contribution in [3.8, 4) is 11.5 Å². The fourth-order valence-corrected chi connectivity index (χ4v) is 4.05. The molecule has 0 aliphatic carbocycles. The van der Waals surface area contributed by atoms with Crippen LogP contribution in [0.4, 0.5) is 11.4 Å². The number of amides is 1. The molecule has 0 heterocycles. The van der Waals surface area contributed by atoms with Crippen LogP contribution in [0, 0.1) is 13.8 Å². The number of nitrogens with one attached hydrogen (secondary N) is 1. The minimum absolute atomic E-state index is 0.309. The van der Waals surface area contributed by atoms with Crippen LogP contribution >= 0.6 is 0 Å². The normalized spacial score (nSPS) is 12.2. The Morgan fingerprint density at radius 1 is 1.04 bits per heavy atom. The molecule has 2 aromatic rings. The van der Waals surface area contributed by atoms with Gasteiger partial charge in [0.2, 0.25) is 15.9 Å². The summed E-state index contributed by atoms with van der Waals surface area (Å²) in [6.07, 6.45) is 1.06. The number of carbonyl (C=O) groups excluding carboxylic acids is 1. The number of methoxy groups -OCH3 is 2. The number of rotatable bonds is 7. The van der Waals surface area contributed by atoms with Crippen LogP contribution in [-0.4, -0.2) is 40.8 Å². The van der Waals surface area contributed by atoms with E-state index in [1.54, 1.807) is 12.1 Å². The van der Waals surface area contributed by atoms with Crippen LogP contribution in [-0.2, 0) is 14.8 Å². The molecule has 1 N–H and O–H groups in total. The monoisotopic (exact) mass is 406 g/mol. The predicted octanol–water partition coefficient (Wildman–Crippen LogP) is 3.11. The van der Waals surface area contributed by atoms with Crippen molar-refractivity contribution in [3.63, 3.8) is 0 Å². The Balaban J connectivity index is 2.40. The molecule has 7 nitrogen and oxygen atoms in total. The summed E-state index contributed by atoms with van der Waals surface area (Å²) in [6.45, 7) is 5.34. The summed E-state index contributed by atoms with van der Waals surface area (Å²) in [6, 6.07) is 9.42. The van der Waals surface area contributed by atoms with E-state index < -0.39 is 22.0 Å². The van der Waals surface area contributed by atoms with E-state index in [0.717, 1.165) is 21.7 Å². The van der Waals surface area contributed by atoms with E-state index in [1.165, 1.54) is 27.2 Å². The van der Waals surface area contributed by atoms with Gasteiger partial charge in [-0.1, -0.05) is 12.1 Å². The van der Waals surface area contributed by atoms with Crippen LogP contribution in [0.15, 0.2) is 36.4 Å². The molecule has 152 valence electrons. The number of anilines is 2. The second-order valence-electron chi connectivity index (χ2n) is 6.58. The molecule has 0 spiro atoms. The number of carbonyl (C=O) groups is 1. The van der Waals surface area contributed by atoms with Crippen LogP contribution in [0.1, 0.15) is 18.1 Å². The molecule has 8 heteroatoms. The summed E-state index contributed by atoms with van der Waals surface area (Å²) in [7, 11) is -0.788. The smallest absolute Gasteiger partial charge is 0.248 e. The first-order chi connectivity index (χ1) is 13.1. The Bertz CT molecular complexity index is 973. The van der Waals surface area contributed by atoms with Crippen molar-refractivity contribution >= 4 is 27.3 Å². The van der Waals surface area contributed by atoms with Gasteiger partial charge in [-0.15, -0.1) is 0 Å². The molecule has 1 atom stereocenters. The Morgan fingerprint density at radius 3 is 2.25 bits per heavy atom. The van der Waals surface area contributed by atoms with Gasteiger partial charge >= 0.3 is 0 Å². The topological polar surface area (TPSA) is 84.9 Å². The van der Waals surface area contributed by atoms with Gasteiger partial charge in [0.05, 0.1) is 26.2 Å². The van der Waals surface area contributed by atoms with Gasteiger partial charge in [-0.3, -0.25) is 9.10 Å². The lowest BCUT2D eigenvalue weighted by Crippen LogP contribution is -2.45. The molecule has 0 bridgehead atoms. The minimum atomic E-state index is -3.74. The molecule has 0 saturated carbocycles. The highest BCUT2D eigenvalue weighted by Crippen LogP contribution is 2.33. The third kappa shape index (κ3) is 4.75. The zero-order valence-electron chi connectivity index (χ0n) is 16.9. The maximum absolute atomic E-state index is 12.8. The lowest BCUT2D eigenvalue weighted by Gasteiger charge is -2.29. The molecule has 2 rings (SSSR count). The highest BCUT2D eigenvalue weighted by molar-refractivity contribution is 7.92. The van der Waals surface area contributed by atoms with E-state index >= 15 is 0 Å². The number of hydrogen-bond acceptors (Lipinski definition) is 5. The minimum Gasteiger partial charge on any atom is -0.493 e. The zero-order chi connectivity index (χ0) is 21.1. The highest BCUT2D eigenvalue weighted by Gasteiger charge is 2.30. The predicted molar refractivity (Wildman–Crippen MR) is 111 cm³/mol. The van der Waals surface area contributed by atoms with E-state index in [2.05, 4.69) is 5.32 Å². The number of hydrogen-bond donors (Lipinski definition) is 1. The van der Waals surface area contributed by atoms with Gasteiger partial charge < -0.3 is 14.8 Å². The van der Waals surface area contributed by atoms with Crippen molar-refractivity contribution in [1.82, 2.24) is 0 Å². The number of sulfonamides is 1. The lowest BCUT2D eigenvalue weighted by atomic mass is 10.1. The first kappa shape index (κ1) is 21.6. The standard InChI is InChI=1S/C20H26N2O5S/c1-13-7-8-14(2)17(11-13)21-20(23)15(3)22(28(6,24)25)16-9-10-18(26-4)19(12-16)27-5/h7-12,15H,1-6H3,(H,21,23)/t15-/m1/s1. The Hall–Kier alpha value is -2.74. The Kier molecular flexibility index (Phi) is 6.56. The number of ether oxygens (including phenoxy) is 2. The summed E-state index contributed by atoms with van der Waals surface area (Å²) in [4.78, 5) is 12.8. The molecule has 28 heavy (non-hydrogen) atoms. The first-order valence-electron chi connectivity index (χ1n) is 8.68. The average Bonchev–Trinajstić information content (AvgIpc) is 2.63. The summed E-state index contributed by atoms with van der Waals surface area (Å²) >= 11 is 0. The quantitative estimate of drug-likeness (QED) is 0.764. The number of nitrogens with zero attached hydrogens (tertiary/aromatic N) is 1. The van der Waals surface area contributed by atoms with Crippen LogP contribution in [0.3, 0.4) is 0 Å². The fourth-order valence-electron chi connectivity index (χ4n) is 2.88. The van der Waals surface area contributed by atoms with Crippen LogP contribution in [0.2, 0.25) is 0 Å². The molecule has 0 aromatic heterocycles. The second-order valence-corrected chi connectivity index (χ2v) is 8.44. The van der Waals surface area contributed by atoms with Crippen molar-refractivity contribution in [2.24, 2.45) is 0 Å².